The monoisotopic (exact) mass is 356 g/mol. The van der Waals surface area contributed by atoms with Crippen LogP contribution in [-0.4, -0.2) is 40.7 Å². The molecule has 4 nitrogen and oxygen atoms in total. The van der Waals surface area contributed by atoms with Crippen LogP contribution in [0.5, 0.6) is 11.5 Å². The van der Waals surface area contributed by atoms with Gasteiger partial charge in [-0.3, -0.25) is 4.98 Å². The predicted molar refractivity (Wildman–Crippen MR) is 97.8 cm³/mol. The van der Waals surface area contributed by atoms with E-state index in [4.69, 9.17) is 4.74 Å². The van der Waals surface area contributed by atoms with E-state index in [0.717, 1.165) is 43.8 Å². The van der Waals surface area contributed by atoms with Gasteiger partial charge in [-0.2, -0.15) is 0 Å². The second-order valence-corrected chi connectivity index (χ2v) is 7.75. The van der Waals surface area contributed by atoms with Crippen molar-refractivity contribution in [3.63, 3.8) is 0 Å². The highest BCUT2D eigenvalue weighted by Crippen LogP contribution is 2.40. The molecule has 0 radical (unpaired) electrons. The Hall–Kier alpha value is -2.14. The van der Waals surface area contributed by atoms with Gasteiger partial charge >= 0.3 is 0 Å². The fourth-order valence-electron chi connectivity index (χ4n) is 4.52. The Morgan fingerprint density at radius 3 is 2.69 bits per heavy atom. The van der Waals surface area contributed by atoms with Gasteiger partial charge in [-0.1, -0.05) is 13.0 Å². The molecule has 1 saturated carbocycles. The third-order valence-corrected chi connectivity index (χ3v) is 5.79. The lowest BCUT2D eigenvalue weighted by Gasteiger charge is -2.23. The minimum atomic E-state index is -0.539. The number of rotatable bonds is 5. The van der Waals surface area contributed by atoms with Crippen LogP contribution in [0.2, 0.25) is 0 Å². The summed E-state index contributed by atoms with van der Waals surface area (Å²) in [6.07, 6.45) is 6.02. The molecule has 4 atom stereocenters. The van der Waals surface area contributed by atoms with Crippen molar-refractivity contribution in [2.24, 2.45) is 11.8 Å². The van der Waals surface area contributed by atoms with Crippen LogP contribution in [0.3, 0.4) is 0 Å². The third-order valence-electron chi connectivity index (χ3n) is 5.79. The molecule has 1 N–H and O–H groups in total. The molecular weight excluding hydrogens is 331 g/mol. The van der Waals surface area contributed by atoms with Crippen LogP contribution in [0, 0.1) is 17.7 Å². The zero-order chi connectivity index (χ0) is 18.1. The average molecular weight is 356 g/mol. The smallest absolute Gasteiger partial charge is 0.165 e. The number of pyridine rings is 1. The molecular formula is C21H25FN2O2. The number of likely N-dealkylation sites (tertiary alicyclic amines) is 1. The maximum absolute atomic E-state index is 13.6. The lowest BCUT2D eigenvalue weighted by atomic mass is 10.0. The minimum absolute atomic E-state index is 0.242. The summed E-state index contributed by atoms with van der Waals surface area (Å²) in [6.45, 7) is 5.21. The molecule has 2 aromatic rings. The van der Waals surface area contributed by atoms with Crippen LogP contribution in [0.1, 0.15) is 31.2 Å². The third kappa shape index (κ3) is 3.68. The number of aromatic hydroxyl groups is 1. The quantitative estimate of drug-likeness (QED) is 0.885. The maximum Gasteiger partial charge on any atom is 0.165 e. The van der Waals surface area contributed by atoms with Crippen molar-refractivity contribution in [2.75, 3.05) is 19.6 Å². The van der Waals surface area contributed by atoms with Crippen LogP contribution in [0.15, 0.2) is 42.7 Å². The molecule has 0 bridgehead atoms. The highest BCUT2D eigenvalue weighted by Gasteiger charge is 2.42. The number of hydrogen-bond acceptors (Lipinski definition) is 4. The number of fused-ring (bicyclic) bond motifs is 1. The zero-order valence-corrected chi connectivity index (χ0v) is 15.0. The molecule has 5 heteroatoms. The van der Waals surface area contributed by atoms with E-state index < -0.39 is 5.82 Å². The largest absolute Gasteiger partial charge is 0.505 e. The van der Waals surface area contributed by atoms with Gasteiger partial charge in [-0.05, 0) is 60.4 Å². The van der Waals surface area contributed by atoms with Gasteiger partial charge in [0, 0.05) is 25.8 Å². The van der Waals surface area contributed by atoms with E-state index in [2.05, 4.69) is 16.8 Å². The van der Waals surface area contributed by atoms with Gasteiger partial charge in [-0.15, -0.1) is 0 Å². The van der Waals surface area contributed by atoms with Crippen molar-refractivity contribution >= 4 is 0 Å². The predicted octanol–water partition coefficient (Wildman–Crippen LogP) is 3.82. The molecule has 26 heavy (non-hydrogen) atoms. The standard InChI is InChI=1S/C21H25FN2O2/c1-14(15-4-5-21(25)20(22)9-15)11-24-12-16-7-19(8-17(16)13-24)26-18-3-2-6-23-10-18/h2-6,9-10,14,16-17,19,25H,7-8,11-13H2,1H3/t14?,16-,17+,19+. The van der Waals surface area contributed by atoms with E-state index in [0.29, 0.717) is 17.9 Å². The van der Waals surface area contributed by atoms with Gasteiger partial charge in [0.1, 0.15) is 5.75 Å². The SMILES string of the molecule is CC(CN1C[C@H]2C[C@H](Oc3cccnc3)C[C@H]2C1)c1ccc(O)c(F)c1. The molecule has 2 heterocycles. The molecule has 1 aromatic heterocycles. The number of halogens is 1. The van der Waals surface area contributed by atoms with Crippen LogP contribution >= 0.6 is 0 Å². The summed E-state index contributed by atoms with van der Waals surface area (Å²) in [5.74, 6) is 1.64. The van der Waals surface area contributed by atoms with Crippen molar-refractivity contribution in [3.8, 4) is 11.5 Å². The topological polar surface area (TPSA) is 45.6 Å². The first kappa shape index (κ1) is 17.3. The number of ether oxygens (including phenoxy) is 1. The normalized spacial score (nSPS) is 26.6. The van der Waals surface area contributed by atoms with E-state index in [9.17, 15) is 9.50 Å². The van der Waals surface area contributed by atoms with E-state index >= 15 is 0 Å². The minimum Gasteiger partial charge on any atom is -0.505 e. The summed E-state index contributed by atoms with van der Waals surface area (Å²) >= 11 is 0. The summed E-state index contributed by atoms with van der Waals surface area (Å²) in [5.41, 5.74) is 0.940. The Kier molecular flexibility index (Phi) is 4.81. The first-order chi connectivity index (χ1) is 12.6. The van der Waals surface area contributed by atoms with Crippen LogP contribution in [0.4, 0.5) is 4.39 Å². The molecule has 1 saturated heterocycles. The van der Waals surface area contributed by atoms with E-state index in [1.165, 1.54) is 12.1 Å². The molecule has 1 aliphatic heterocycles. The number of hydrogen-bond donors (Lipinski definition) is 1. The van der Waals surface area contributed by atoms with Gasteiger partial charge in [-0.25, -0.2) is 4.39 Å². The average Bonchev–Trinajstić information content (AvgIpc) is 3.16. The van der Waals surface area contributed by atoms with Crippen molar-refractivity contribution in [1.29, 1.82) is 0 Å². The summed E-state index contributed by atoms with van der Waals surface area (Å²) < 4.78 is 19.7. The van der Waals surface area contributed by atoms with Crippen LogP contribution in [0.25, 0.3) is 0 Å². The Morgan fingerprint density at radius 2 is 2.04 bits per heavy atom. The lowest BCUT2D eigenvalue weighted by Crippen LogP contribution is -2.28. The van der Waals surface area contributed by atoms with Gasteiger partial charge in [0.15, 0.2) is 11.6 Å². The number of benzene rings is 1. The van der Waals surface area contributed by atoms with E-state index in [1.54, 1.807) is 12.4 Å². The molecule has 1 aliphatic carbocycles. The Bertz CT molecular complexity index is 741. The molecule has 0 spiro atoms. The van der Waals surface area contributed by atoms with Crippen LogP contribution < -0.4 is 4.74 Å². The summed E-state index contributed by atoms with van der Waals surface area (Å²) in [7, 11) is 0. The highest BCUT2D eigenvalue weighted by atomic mass is 19.1. The summed E-state index contributed by atoms with van der Waals surface area (Å²) in [4.78, 5) is 6.60. The molecule has 0 amide bonds. The first-order valence-electron chi connectivity index (χ1n) is 9.36. The molecule has 4 rings (SSSR count). The molecule has 1 aromatic carbocycles. The van der Waals surface area contributed by atoms with E-state index in [1.807, 2.05) is 18.2 Å². The van der Waals surface area contributed by atoms with Gasteiger partial charge < -0.3 is 14.7 Å². The summed E-state index contributed by atoms with van der Waals surface area (Å²) in [6, 6.07) is 8.58. The Labute approximate surface area is 153 Å². The van der Waals surface area contributed by atoms with E-state index in [-0.39, 0.29) is 11.7 Å². The van der Waals surface area contributed by atoms with Gasteiger partial charge in [0.2, 0.25) is 0 Å². The van der Waals surface area contributed by atoms with Crippen molar-refractivity contribution < 1.29 is 14.2 Å². The first-order valence-corrected chi connectivity index (χ1v) is 9.36. The molecule has 2 aliphatic rings. The zero-order valence-electron chi connectivity index (χ0n) is 15.0. The highest BCUT2D eigenvalue weighted by molar-refractivity contribution is 5.30. The number of nitrogens with zero attached hydrogens (tertiary/aromatic N) is 2. The molecule has 138 valence electrons. The second kappa shape index (κ2) is 7.23. The fourth-order valence-corrected chi connectivity index (χ4v) is 4.52. The lowest BCUT2D eigenvalue weighted by molar-refractivity contribution is 0.183. The maximum atomic E-state index is 13.6. The van der Waals surface area contributed by atoms with Crippen LogP contribution in [-0.2, 0) is 0 Å². The summed E-state index contributed by atoms with van der Waals surface area (Å²) in [5, 5.41) is 9.35. The fraction of sp³-hybridized carbons (Fsp3) is 0.476. The van der Waals surface area contributed by atoms with Gasteiger partial charge in [0.05, 0.1) is 12.3 Å². The number of aromatic nitrogens is 1. The molecule has 1 unspecified atom stereocenters. The second-order valence-electron chi connectivity index (χ2n) is 7.75. The Balaban J connectivity index is 1.29. The van der Waals surface area contributed by atoms with Crippen molar-refractivity contribution in [3.05, 3.63) is 54.1 Å². The molecule has 2 fully saturated rings. The van der Waals surface area contributed by atoms with Crippen molar-refractivity contribution in [1.82, 2.24) is 9.88 Å². The van der Waals surface area contributed by atoms with Crippen molar-refractivity contribution in [2.45, 2.75) is 31.8 Å². The number of phenolic OH excluding ortho intramolecular Hbond substituents is 1. The Morgan fingerprint density at radius 1 is 1.27 bits per heavy atom. The van der Waals surface area contributed by atoms with Gasteiger partial charge in [0.25, 0.3) is 0 Å². The number of phenols is 1.